The third-order valence-corrected chi connectivity index (χ3v) is 5.16. The number of hydrogen-bond acceptors (Lipinski definition) is 4. The molecule has 0 radical (unpaired) electrons. The van der Waals surface area contributed by atoms with E-state index in [1.807, 2.05) is 16.6 Å². The van der Waals surface area contributed by atoms with Crippen LogP contribution in [-0.2, 0) is 26.4 Å². The number of aryl methyl sites for hydroxylation is 1. The van der Waals surface area contributed by atoms with Gasteiger partial charge < -0.3 is 4.90 Å². The van der Waals surface area contributed by atoms with Crippen molar-refractivity contribution >= 4 is 5.91 Å². The highest BCUT2D eigenvalue weighted by atomic mass is 16.2. The van der Waals surface area contributed by atoms with E-state index in [2.05, 4.69) is 20.3 Å². The van der Waals surface area contributed by atoms with E-state index in [9.17, 15) is 4.79 Å². The van der Waals surface area contributed by atoms with E-state index in [1.165, 1.54) is 36.8 Å². The number of fused-ring (bicyclic) bond motifs is 1. The maximum atomic E-state index is 12.9. The van der Waals surface area contributed by atoms with Crippen molar-refractivity contribution in [3.05, 3.63) is 29.1 Å². The topological polar surface area (TPSA) is 79.7 Å². The van der Waals surface area contributed by atoms with E-state index in [-0.39, 0.29) is 11.9 Å². The van der Waals surface area contributed by atoms with Crippen molar-refractivity contribution in [2.75, 3.05) is 0 Å². The molecule has 0 bridgehead atoms. The number of aromatic nitrogens is 5. The van der Waals surface area contributed by atoms with Gasteiger partial charge in [0, 0.05) is 18.8 Å². The lowest BCUT2D eigenvalue weighted by molar-refractivity contribution is 0.0648. The van der Waals surface area contributed by atoms with Crippen molar-refractivity contribution in [2.45, 2.75) is 57.5 Å². The summed E-state index contributed by atoms with van der Waals surface area (Å²) < 4.78 is 1.99. The largest absolute Gasteiger partial charge is 0.327 e. The molecule has 0 atom stereocenters. The minimum absolute atomic E-state index is 0.0631. The van der Waals surface area contributed by atoms with Crippen molar-refractivity contribution < 1.29 is 4.79 Å². The van der Waals surface area contributed by atoms with Gasteiger partial charge in [0.05, 0.1) is 12.2 Å². The Morgan fingerprint density at radius 1 is 1.35 bits per heavy atom. The summed E-state index contributed by atoms with van der Waals surface area (Å²) in [4.78, 5) is 18.9. The molecule has 122 valence electrons. The Morgan fingerprint density at radius 3 is 2.91 bits per heavy atom. The SMILES string of the molecule is Cn1nc(CN(C(=O)c2ncn[nH]2)C2CCCC2)c2c1CCC2. The molecule has 2 aliphatic rings. The molecule has 2 aromatic heterocycles. The fraction of sp³-hybridized carbons (Fsp3) is 0.625. The normalized spacial score (nSPS) is 17.6. The van der Waals surface area contributed by atoms with E-state index < -0.39 is 0 Å². The Kier molecular flexibility index (Phi) is 3.63. The number of carbonyl (C=O) groups is 1. The molecule has 4 rings (SSSR count). The summed E-state index contributed by atoms with van der Waals surface area (Å²) in [5.41, 5.74) is 3.74. The third-order valence-electron chi connectivity index (χ3n) is 5.16. The number of hydrogen-bond donors (Lipinski definition) is 1. The summed E-state index contributed by atoms with van der Waals surface area (Å²) in [6.45, 7) is 0.577. The molecule has 0 spiro atoms. The molecule has 2 heterocycles. The van der Waals surface area contributed by atoms with E-state index in [0.29, 0.717) is 12.4 Å². The van der Waals surface area contributed by atoms with Crippen molar-refractivity contribution in [2.24, 2.45) is 7.05 Å². The molecular weight excluding hydrogens is 292 g/mol. The number of carbonyl (C=O) groups excluding carboxylic acids is 1. The lowest BCUT2D eigenvalue weighted by Crippen LogP contribution is -2.39. The van der Waals surface area contributed by atoms with Crippen LogP contribution in [-0.4, -0.2) is 41.8 Å². The lowest BCUT2D eigenvalue weighted by Gasteiger charge is -2.27. The van der Waals surface area contributed by atoms with Crippen LogP contribution in [0, 0.1) is 0 Å². The van der Waals surface area contributed by atoms with Crippen LogP contribution in [0.5, 0.6) is 0 Å². The van der Waals surface area contributed by atoms with Crippen LogP contribution in [0.15, 0.2) is 6.33 Å². The van der Waals surface area contributed by atoms with Gasteiger partial charge in [0.25, 0.3) is 5.91 Å². The Balaban J connectivity index is 1.63. The molecule has 23 heavy (non-hydrogen) atoms. The standard InChI is InChI=1S/C16H22N6O/c1-21-14-8-4-7-12(14)13(20-21)9-22(11-5-2-3-6-11)16(23)15-17-10-18-19-15/h10-11H,2-9H2,1H3,(H,17,18,19). The smallest absolute Gasteiger partial charge is 0.291 e. The van der Waals surface area contributed by atoms with Crippen molar-refractivity contribution in [1.82, 2.24) is 29.9 Å². The summed E-state index contributed by atoms with van der Waals surface area (Å²) in [6, 6.07) is 0.284. The third kappa shape index (κ3) is 2.54. The first-order valence-corrected chi connectivity index (χ1v) is 8.44. The highest BCUT2D eigenvalue weighted by Crippen LogP contribution is 2.29. The highest BCUT2D eigenvalue weighted by molar-refractivity contribution is 5.90. The molecule has 0 unspecified atom stereocenters. The van der Waals surface area contributed by atoms with Crippen molar-refractivity contribution in [1.29, 1.82) is 0 Å². The van der Waals surface area contributed by atoms with Gasteiger partial charge in [-0.3, -0.25) is 14.6 Å². The molecule has 7 nitrogen and oxygen atoms in total. The van der Waals surface area contributed by atoms with Gasteiger partial charge in [-0.1, -0.05) is 12.8 Å². The molecule has 2 aliphatic carbocycles. The predicted octanol–water partition coefficient (Wildman–Crippen LogP) is 1.61. The van der Waals surface area contributed by atoms with Gasteiger partial charge in [0.1, 0.15) is 6.33 Å². The monoisotopic (exact) mass is 314 g/mol. The van der Waals surface area contributed by atoms with Crippen LogP contribution in [0.3, 0.4) is 0 Å². The first-order valence-electron chi connectivity index (χ1n) is 8.44. The number of rotatable bonds is 4. The first-order chi connectivity index (χ1) is 11.2. The van der Waals surface area contributed by atoms with Crippen LogP contribution >= 0.6 is 0 Å². The molecule has 1 N–H and O–H groups in total. The zero-order valence-electron chi connectivity index (χ0n) is 13.5. The maximum absolute atomic E-state index is 12.9. The highest BCUT2D eigenvalue weighted by Gasteiger charge is 2.31. The summed E-state index contributed by atoms with van der Waals surface area (Å²) in [5.74, 6) is 0.260. The van der Waals surface area contributed by atoms with E-state index in [4.69, 9.17) is 0 Å². The first kappa shape index (κ1) is 14.4. The second-order valence-electron chi connectivity index (χ2n) is 6.55. The zero-order chi connectivity index (χ0) is 15.8. The molecule has 0 aromatic carbocycles. The quantitative estimate of drug-likeness (QED) is 0.930. The van der Waals surface area contributed by atoms with Crippen LogP contribution < -0.4 is 0 Å². The Bertz CT molecular complexity index is 698. The maximum Gasteiger partial charge on any atom is 0.291 e. The Labute approximate surface area is 135 Å². The van der Waals surface area contributed by atoms with Crippen molar-refractivity contribution in [3.8, 4) is 0 Å². The van der Waals surface area contributed by atoms with Gasteiger partial charge in [0.15, 0.2) is 0 Å². The molecule has 0 saturated heterocycles. The van der Waals surface area contributed by atoms with E-state index in [0.717, 1.165) is 31.4 Å². The second-order valence-corrected chi connectivity index (χ2v) is 6.55. The van der Waals surface area contributed by atoms with Crippen LogP contribution in [0.2, 0.25) is 0 Å². The summed E-state index contributed by atoms with van der Waals surface area (Å²) in [7, 11) is 2.01. The van der Waals surface area contributed by atoms with Gasteiger partial charge >= 0.3 is 0 Å². The van der Waals surface area contributed by atoms with E-state index >= 15 is 0 Å². The second kappa shape index (κ2) is 5.79. The lowest BCUT2D eigenvalue weighted by atomic mass is 10.1. The van der Waals surface area contributed by atoms with Gasteiger partial charge in [-0.25, -0.2) is 4.98 Å². The zero-order valence-corrected chi connectivity index (χ0v) is 13.5. The van der Waals surface area contributed by atoms with Crippen molar-refractivity contribution in [3.63, 3.8) is 0 Å². The Hall–Kier alpha value is -2.18. The van der Waals surface area contributed by atoms with Crippen LogP contribution in [0.25, 0.3) is 0 Å². The average Bonchev–Trinajstić information content (AvgIpc) is 3.32. The van der Waals surface area contributed by atoms with Crippen LogP contribution in [0.4, 0.5) is 0 Å². The number of H-pyrrole nitrogens is 1. The van der Waals surface area contributed by atoms with Gasteiger partial charge in [-0.2, -0.15) is 10.2 Å². The Morgan fingerprint density at radius 2 is 2.17 bits per heavy atom. The molecule has 1 fully saturated rings. The molecule has 7 heteroatoms. The molecule has 1 amide bonds. The predicted molar refractivity (Wildman–Crippen MR) is 83.7 cm³/mol. The summed E-state index contributed by atoms with van der Waals surface area (Å²) in [6.07, 6.45) is 9.25. The number of nitrogens with one attached hydrogen (secondary N) is 1. The summed E-state index contributed by atoms with van der Waals surface area (Å²) in [5, 5.41) is 11.2. The fourth-order valence-electron chi connectivity index (χ4n) is 4.01. The number of nitrogens with zero attached hydrogens (tertiary/aromatic N) is 5. The van der Waals surface area contributed by atoms with Crippen LogP contribution in [0.1, 0.15) is 59.7 Å². The minimum atomic E-state index is -0.0631. The summed E-state index contributed by atoms with van der Waals surface area (Å²) >= 11 is 0. The van der Waals surface area contributed by atoms with E-state index in [1.54, 1.807) is 0 Å². The fourth-order valence-corrected chi connectivity index (χ4v) is 4.01. The van der Waals surface area contributed by atoms with Gasteiger partial charge in [0.2, 0.25) is 5.82 Å². The molecule has 1 saturated carbocycles. The molecule has 2 aromatic rings. The molecular formula is C16H22N6O. The number of amides is 1. The molecule has 0 aliphatic heterocycles. The number of aromatic amines is 1. The van der Waals surface area contributed by atoms with Gasteiger partial charge in [-0.15, -0.1) is 0 Å². The van der Waals surface area contributed by atoms with Gasteiger partial charge in [-0.05, 0) is 37.7 Å². The minimum Gasteiger partial charge on any atom is -0.327 e. The average molecular weight is 314 g/mol.